The molecule has 124 valence electrons. The number of rotatable bonds is 6. The molecule has 0 bridgehead atoms. The fourth-order valence-corrected chi connectivity index (χ4v) is 2.75. The van der Waals surface area contributed by atoms with Crippen molar-refractivity contribution in [3.63, 3.8) is 0 Å². The predicted molar refractivity (Wildman–Crippen MR) is 97.8 cm³/mol. The molecule has 2 heterocycles. The number of likely N-dealkylation sites (tertiary alicyclic amines) is 1. The van der Waals surface area contributed by atoms with Crippen molar-refractivity contribution in [2.45, 2.75) is 19.8 Å². The average molecular weight is 353 g/mol. The molecule has 1 saturated heterocycles. The van der Waals surface area contributed by atoms with Crippen LogP contribution < -0.4 is 5.32 Å². The van der Waals surface area contributed by atoms with Crippen LogP contribution in [0.4, 0.5) is 5.82 Å². The first-order valence-electron chi connectivity index (χ1n) is 7.74. The number of halogens is 2. The summed E-state index contributed by atoms with van der Waals surface area (Å²) in [6.45, 7) is 6.43. The molecule has 0 aliphatic carbocycles. The summed E-state index contributed by atoms with van der Waals surface area (Å²) < 4.78 is 0. The van der Waals surface area contributed by atoms with Gasteiger partial charge in [0.05, 0.1) is 11.9 Å². The van der Waals surface area contributed by atoms with Crippen LogP contribution in [0.5, 0.6) is 0 Å². The molecular formula is C17H22Cl2N4. The molecule has 6 heteroatoms. The molecule has 4 nitrogen and oxygen atoms in total. The van der Waals surface area contributed by atoms with Gasteiger partial charge in [0.2, 0.25) is 0 Å². The van der Waals surface area contributed by atoms with Crippen LogP contribution >= 0.6 is 24.0 Å². The van der Waals surface area contributed by atoms with Gasteiger partial charge in [-0.3, -0.25) is 4.98 Å². The number of anilines is 1. The van der Waals surface area contributed by atoms with Crippen LogP contribution in [0.15, 0.2) is 30.5 Å². The van der Waals surface area contributed by atoms with Crippen LogP contribution in [0.2, 0.25) is 5.15 Å². The van der Waals surface area contributed by atoms with E-state index in [1.165, 1.54) is 30.6 Å². The fraction of sp³-hybridized carbons (Fsp3) is 0.412. The van der Waals surface area contributed by atoms with E-state index >= 15 is 0 Å². The topological polar surface area (TPSA) is 41.1 Å². The summed E-state index contributed by atoms with van der Waals surface area (Å²) in [5.41, 5.74) is 3.44. The normalized spacial score (nSPS) is 14.0. The van der Waals surface area contributed by atoms with E-state index in [1.54, 1.807) is 6.20 Å². The lowest BCUT2D eigenvalue weighted by atomic mass is 10.1. The monoisotopic (exact) mass is 352 g/mol. The van der Waals surface area contributed by atoms with Gasteiger partial charge in [0, 0.05) is 19.5 Å². The Kier molecular flexibility index (Phi) is 6.63. The second-order valence-corrected chi connectivity index (χ2v) is 6.16. The molecule has 1 aromatic heterocycles. The van der Waals surface area contributed by atoms with E-state index < -0.39 is 0 Å². The zero-order valence-electron chi connectivity index (χ0n) is 13.3. The maximum Gasteiger partial charge on any atom is 0.149 e. The molecule has 1 aromatic carbocycles. The molecule has 1 aliphatic rings. The summed E-state index contributed by atoms with van der Waals surface area (Å²) in [5.74, 6) is 0.800. The van der Waals surface area contributed by atoms with Gasteiger partial charge in [-0.2, -0.15) is 0 Å². The van der Waals surface area contributed by atoms with E-state index in [2.05, 4.69) is 51.4 Å². The van der Waals surface area contributed by atoms with Gasteiger partial charge >= 0.3 is 0 Å². The number of nitrogens with one attached hydrogen (secondary N) is 1. The first-order chi connectivity index (χ1) is 10.7. The van der Waals surface area contributed by atoms with Crippen LogP contribution in [-0.2, 0) is 6.42 Å². The van der Waals surface area contributed by atoms with Gasteiger partial charge in [-0.15, -0.1) is 12.4 Å². The maximum absolute atomic E-state index is 6.00. The highest BCUT2D eigenvalue weighted by Gasteiger charge is 2.13. The lowest BCUT2D eigenvalue weighted by Crippen LogP contribution is -2.40. The minimum absolute atomic E-state index is 0. The standard InChI is InChI=1S/C17H21ClN4.ClH/c1-13-4-2-5-14(10-13)11-15-17(21-16(18)12-20-15)19-6-9-22-7-3-8-22;/h2,4-5,10,12H,3,6-9,11H2,1H3,(H,19,21);1H. The maximum atomic E-state index is 6.00. The summed E-state index contributed by atoms with van der Waals surface area (Å²) in [4.78, 5) is 11.3. The molecular weight excluding hydrogens is 331 g/mol. The number of aromatic nitrogens is 2. The quantitative estimate of drug-likeness (QED) is 0.862. The first-order valence-corrected chi connectivity index (χ1v) is 8.12. The van der Waals surface area contributed by atoms with Gasteiger partial charge in [0.25, 0.3) is 0 Å². The Bertz CT molecular complexity index is 644. The third-order valence-corrected chi connectivity index (χ3v) is 4.12. The van der Waals surface area contributed by atoms with Gasteiger partial charge < -0.3 is 10.2 Å². The molecule has 1 aliphatic heterocycles. The molecule has 0 unspecified atom stereocenters. The second kappa shape index (κ2) is 8.48. The van der Waals surface area contributed by atoms with Crippen molar-refractivity contribution in [2.75, 3.05) is 31.5 Å². The molecule has 23 heavy (non-hydrogen) atoms. The number of nitrogens with zero attached hydrogens (tertiary/aromatic N) is 3. The highest BCUT2D eigenvalue weighted by atomic mass is 35.5. The Morgan fingerprint density at radius 3 is 2.83 bits per heavy atom. The number of hydrogen-bond donors (Lipinski definition) is 1. The van der Waals surface area contributed by atoms with Crippen LogP contribution in [0.1, 0.15) is 23.2 Å². The van der Waals surface area contributed by atoms with Gasteiger partial charge in [-0.05, 0) is 32.0 Å². The van der Waals surface area contributed by atoms with Crippen molar-refractivity contribution in [3.8, 4) is 0 Å². The summed E-state index contributed by atoms with van der Waals surface area (Å²) in [6, 6.07) is 8.47. The van der Waals surface area contributed by atoms with Crippen LogP contribution in [0.25, 0.3) is 0 Å². The van der Waals surface area contributed by atoms with Crippen molar-refractivity contribution in [2.24, 2.45) is 0 Å². The lowest BCUT2D eigenvalue weighted by Gasteiger charge is -2.30. The molecule has 3 rings (SSSR count). The average Bonchev–Trinajstić information content (AvgIpc) is 2.44. The summed E-state index contributed by atoms with van der Waals surface area (Å²) in [6.07, 6.45) is 3.70. The number of hydrogen-bond acceptors (Lipinski definition) is 4. The molecule has 0 spiro atoms. The van der Waals surface area contributed by atoms with E-state index in [0.717, 1.165) is 31.0 Å². The molecule has 2 aromatic rings. The minimum Gasteiger partial charge on any atom is -0.367 e. The van der Waals surface area contributed by atoms with Crippen molar-refractivity contribution in [3.05, 3.63) is 52.4 Å². The zero-order valence-corrected chi connectivity index (χ0v) is 14.8. The number of benzene rings is 1. The van der Waals surface area contributed by atoms with E-state index in [0.29, 0.717) is 5.15 Å². The molecule has 0 radical (unpaired) electrons. The third-order valence-electron chi connectivity index (χ3n) is 3.94. The smallest absolute Gasteiger partial charge is 0.149 e. The fourth-order valence-electron chi connectivity index (χ4n) is 2.62. The second-order valence-electron chi connectivity index (χ2n) is 5.78. The summed E-state index contributed by atoms with van der Waals surface area (Å²) in [5, 5.41) is 3.82. The van der Waals surface area contributed by atoms with Gasteiger partial charge in [-0.1, -0.05) is 41.4 Å². The van der Waals surface area contributed by atoms with Crippen molar-refractivity contribution < 1.29 is 0 Å². The Hall–Kier alpha value is -1.36. The van der Waals surface area contributed by atoms with Crippen LogP contribution in [0, 0.1) is 6.92 Å². The summed E-state index contributed by atoms with van der Waals surface area (Å²) in [7, 11) is 0. The Morgan fingerprint density at radius 2 is 2.13 bits per heavy atom. The van der Waals surface area contributed by atoms with Gasteiger partial charge in [0.15, 0.2) is 0 Å². The Balaban J connectivity index is 0.00000192. The first kappa shape index (κ1) is 18.0. The van der Waals surface area contributed by atoms with Crippen molar-refractivity contribution in [1.82, 2.24) is 14.9 Å². The van der Waals surface area contributed by atoms with Crippen molar-refractivity contribution >= 4 is 29.8 Å². The van der Waals surface area contributed by atoms with E-state index in [9.17, 15) is 0 Å². The molecule has 0 amide bonds. The molecule has 1 N–H and O–H groups in total. The minimum atomic E-state index is 0. The largest absolute Gasteiger partial charge is 0.367 e. The van der Waals surface area contributed by atoms with Crippen LogP contribution in [-0.4, -0.2) is 41.0 Å². The van der Waals surface area contributed by atoms with Crippen molar-refractivity contribution in [1.29, 1.82) is 0 Å². The number of aryl methyl sites for hydroxylation is 1. The highest BCUT2D eigenvalue weighted by molar-refractivity contribution is 6.29. The van der Waals surface area contributed by atoms with E-state index in [4.69, 9.17) is 11.6 Å². The van der Waals surface area contributed by atoms with E-state index in [-0.39, 0.29) is 12.4 Å². The van der Waals surface area contributed by atoms with Gasteiger partial charge in [0.1, 0.15) is 11.0 Å². The molecule has 0 saturated carbocycles. The van der Waals surface area contributed by atoms with E-state index in [1.807, 2.05) is 0 Å². The SMILES string of the molecule is Cc1cccc(Cc2ncc(Cl)nc2NCCN2CCC2)c1.Cl. The Labute approximate surface area is 148 Å². The zero-order chi connectivity index (χ0) is 15.4. The third kappa shape index (κ3) is 5.06. The predicted octanol–water partition coefficient (Wildman–Crippen LogP) is 3.57. The molecule has 0 atom stereocenters. The van der Waals surface area contributed by atoms with Crippen LogP contribution in [0.3, 0.4) is 0 Å². The summed E-state index contributed by atoms with van der Waals surface area (Å²) >= 11 is 6.00. The lowest BCUT2D eigenvalue weighted by molar-refractivity contribution is 0.189. The highest BCUT2D eigenvalue weighted by Crippen LogP contribution is 2.18. The molecule has 1 fully saturated rings. The van der Waals surface area contributed by atoms with Gasteiger partial charge in [-0.25, -0.2) is 4.98 Å². The Morgan fingerprint density at radius 1 is 1.30 bits per heavy atom.